The fraction of sp³-hybridized carbons (Fsp3) is 0. The van der Waals surface area contributed by atoms with Gasteiger partial charge >= 0.3 is 54.7 Å². The molecule has 0 spiro atoms. The Kier molecular flexibility index (Phi) is 27.0. The van der Waals surface area contributed by atoms with Gasteiger partial charge in [-0.15, -0.1) is 0 Å². The molecule has 0 aromatic rings. The van der Waals surface area contributed by atoms with E-state index in [-0.39, 0.29) is 81.1 Å². The Hall–Kier alpha value is 2.29. The minimum absolute atomic E-state index is 0. The molecular weight excluding hydrogens is 303 g/mol. The first-order valence-electron chi connectivity index (χ1n) is 0.651. The van der Waals surface area contributed by atoms with Crippen molar-refractivity contribution in [2.24, 2.45) is 0 Å². The molecule has 6 heteroatoms. The number of hydrogen-bond donors (Lipinski definition) is 2. The van der Waals surface area contributed by atoms with Crippen LogP contribution in [-0.4, -0.2) is 64.2 Å². The maximum atomic E-state index is 8.74. The third-order valence-corrected chi connectivity index (χ3v) is 0. The van der Waals surface area contributed by atoms with Gasteiger partial charge in [0, 0.05) is 35.6 Å². The van der Waals surface area contributed by atoms with E-state index in [1.165, 1.54) is 0 Å². The van der Waals surface area contributed by atoms with Gasteiger partial charge in [0.1, 0.15) is 0 Å². The molecule has 0 fully saturated rings. The maximum absolute atomic E-state index is 8.74. The van der Waals surface area contributed by atoms with E-state index in [0.29, 0.717) is 0 Å². The van der Waals surface area contributed by atoms with Crippen molar-refractivity contribution in [3.63, 3.8) is 0 Å². The van der Waals surface area contributed by atoms with E-state index in [4.69, 9.17) is 14.1 Å². The first-order chi connectivity index (χ1) is 1.73. The van der Waals surface area contributed by atoms with Gasteiger partial charge in [0.15, 0.2) is 0 Å². The summed E-state index contributed by atoms with van der Waals surface area (Å²) < 4.78 is 8.74. The second-order valence-corrected chi connectivity index (χ2v) is 0.848. The molecule has 0 atom stereocenters. The molecule has 0 aromatic carbocycles. The average Bonchev–Trinajstić information content (AvgIpc) is 0.811. The summed E-state index contributed by atoms with van der Waals surface area (Å²) in [5.74, 6) is 0. The van der Waals surface area contributed by atoms with Crippen LogP contribution in [0.3, 0.4) is 0 Å². The van der Waals surface area contributed by atoms with Gasteiger partial charge in [0.25, 0.3) is 0 Å². The van der Waals surface area contributed by atoms with Crippen LogP contribution in [-0.2, 0) is 4.46 Å². The van der Waals surface area contributed by atoms with Crippen LogP contribution >= 0.6 is 0 Å². The Morgan fingerprint density at radius 2 is 1.33 bits per heavy atom. The van der Waals surface area contributed by atoms with Crippen molar-refractivity contribution in [1.29, 1.82) is 0 Å². The molecule has 0 aliphatic rings. The van der Waals surface area contributed by atoms with Crippen LogP contribution in [0, 0.1) is 35.6 Å². The third kappa shape index (κ3) is 33.5. The molecule has 0 aliphatic heterocycles. The van der Waals surface area contributed by atoms with Crippen molar-refractivity contribution >= 4 is 54.7 Å². The summed E-state index contributed by atoms with van der Waals surface area (Å²) >= 11 is 0. The van der Waals surface area contributed by atoms with E-state index >= 15 is 0 Å². The van der Waals surface area contributed by atoms with Crippen molar-refractivity contribution in [3.05, 3.63) is 0 Å². The van der Waals surface area contributed by atoms with Gasteiger partial charge in [-0.3, -0.25) is 4.46 Å². The third-order valence-electron chi connectivity index (χ3n) is 0. The summed E-state index contributed by atoms with van der Waals surface area (Å²) in [4.78, 5) is 14.3. The molecule has 0 amide bonds. The van der Waals surface area contributed by atoms with Crippen LogP contribution in [0.15, 0.2) is 0 Å². The Labute approximate surface area is 102 Å². The van der Waals surface area contributed by atoms with E-state index < -0.39 is 9.17 Å². The van der Waals surface area contributed by atoms with E-state index in [1.807, 2.05) is 0 Å². The zero-order valence-electron chi connectivity index (χ0n) is 2.38. The SMILES string of the molecule is O=[Si](O)O.[La].[SrH2]. The number of rotatable bonds is 0. The predicted molar refractivity (Wildman–Crippen MR) is 19.4 cm³/mol. The van der Waals surface area contributed by atoms with Crippen LogP contribution in [0.4, 0.5) is 0 Å². The molecule has 0 rings (SSSR count). The molecule has 1 radical (unpaired) electrons. The van der Waals surface area contributed by atoms with Gasteiger partial charge in [0.2, 0.25) is 0 Å². The Bertz CT molecular complexity index is 33.8. The minimum atomic E-state index is -3.13. The number of hydrogen-bond acceptors (Lipinski definition) is 1. The molecule has 3 nitrogen and oxygen atoms in total. The van der Waals surface area contributed by atoms with Crippen LogP contribution in [0.25, 0.3) is 0 Å². The molecule has 0 saturated carbocycles. The summed E-state index contributed by atoms with van der Waals surface area (Å²) in [6.07, 6.45) is 0. The zero-order valence-corrected chi connectivity index (χ0v) is 7.01. The van der Waals surface area contributed by atoms with Gasteiger partial charge in [-0.25, -0.2) is 0 Å². The van der Waals surface area contributed by atoms with Gasteiger partial charge in [-0.1, -0.05) is 0 Å². The molecule has 6 heavy (non-hydrogen) atoms. The van der Waals surface area contributed by atoms with E-state index in [1.54, 1.807) is 0 Å². The van der Waals surface area contributed by atoms with Gasteiger partial charge in [0.05, 0.1) is 0 Å². The van der Waals surface area contributed by atoms with Crippen molar-refractivity contribution in [3.8, 4) is 0 Å². The second-order valence-electron chi connectivity index (χ2n) is 0.283. The summed E-state index contributed by atoms with van der Waals surface area (Å²) in [6, 6.07) is 0. The van der Waals surface area contributed by atoms with E-state index in [2.05, 4.69) is 0 Å². The van der Waals surface area contributed by atoms with Crippen LogP contribution < -0.4 is 0 Å². The molecule has 0 saturated heterocycles. The van der Waals surface area contributed by atoms with Gasteiger partial charge in [-0.2, -0.15) is 0 Å². The topological polar surface area (TPSA) is 57.5 Å². The predicted octanol–water partition coefficient (Wildman–Crippen LogP) is -2.53. The molecule has 0 heterocycles. The van der Waals surface area contributed by atoms with E-state index in [9.17, 15) is 0 Å². The van der Waals surface area contributed by atoms with Crippen LogP contribution in [0.1, 0.15) is 0 Å². The average molecular weight is 307 g/mol. The quantitative estimate of drug-likeness (QED) is 0.485. The molecular formula is H4LaO3SiSr. The van der Waals surface area contributed by atoms with E-state index in [0.717, 1.165) is 0 Å². The Morgan fingerprint density at radius 3 is 1.33 bits per heavy atom. The Morgan fingerprint density at radius 1 is 1.33 bits per heavy atom. The van der Waals surface area contributed by atoms with Gasteiger partial charge in [-0.05, 0) is 0 Å². The van der Waals surface area contributed by atoms with Crippen LogP contribution in [0.2, 0.25) is 0 Å². The van der Waals surface area contributed by atoms with Gasteiger partial charge < -0.3 is 9.59 Å². The first-order valence-corrected chi connectivity index (χ1v) is 1.95. The van der Waals surface area contributed by atoms with Crippen molar-refractivity contribution in [2.45, 2.75) is 0 Å². The normalized spacial score (nSPS) is 4.00. The molecule has 2 N–H and O–H groups in total. The fourth-order valence-electron chi connectivity index (χ4n) is 0. The fourth-order valence-corrected chi connectivity index (χ4v) is 0. The molecule has 31 valence electrons. The first kappa shape index (κ1) is 15.7. The second kappa shape index (κ2) is 10.3. The molecule has 0 aromatic heterocycles. The van der Waals surface area contributed by atoms with Crippen molar-refractivity contribution in [1.82, 2.24) is 0 Å². The zero-order chi connectivity index (χ0) is 3.58. The summed E-state index contributed by atoms with van der Waals surface area (Å²) in [5, 5.41) is 0. The molecule has 0 bridgehead atoms. The Balaban J connectivity index is -0.0000000450. The van der Waals surface area contributed by atoms with Crippen molar-refractivity contribution in [2.75, 3.05) is 0 Å². The molecule has 0 aliphatic carbocycles. The summed E-state index contributed by atoms with van der Waals surface area (Å²) in [6.45, 7) is 0. The van der Waals surface area contributed by atoms with Crippen LogP contribution in [0.5, 0.6) is 0 Å². The summed E-state index contributed by atoms with van der Waals surface area (Å²) in [7, 11) is -3.13. The standard InChI is InChI=1S/La.H2O3Si.Sr.2H/c;1-4(2)3;;;/h;1-2H;;;. The monoisotopic (exact) mass is 307 g/mol. The summed E-state index contributed by atoms with van der Waals surface area (Å²) in [5.41, 5.74) is 0. The molecule has 0 unspecified atom stereocenters. The van der Waals surface area contributed by atoms with Crippen molar-refractivity contribution < 1.29 is 49.7 Å².